The lowest BCUT2D eigenvalue weighted by Gasteiger charge is -2.16. The molecule has 5 heteroatoms. The fourth-order valence-corrected chi connectivity index (χ4v) is 2.61. The number of nitrogens with zero attached hydrogens (tertiary/aromatic N) is 1. The molecule has 0 amide bonds. The largest absolute Gasteiger partial charge is 0.382 e. The van der Waals surface area contributed by atoms with Crippen molar-refractivity contribution in [2.75, 3.05) is 5.32 Å². The number of nitro groups is 1. The van der Waals surface area contributed by atoms with Gasteiger partial charge >= 0.3 is 0 Å². The van der Waals surface area contributed by atoms with Crippen LogP contribution in [-0.4, -0.2) is 11.0 Å². The van der Waals surface area contributed by atoms with Gasteiger partial charge in [-0.2, -0.15) is 0 Å². The Kier molecular flexibility index (Phi) is 7.59. The van der Waals surface area contributed by atoms with Gasteiger partial charge in [0.25, 0.3) is 5.69 Å². The molecule has 20 heavy (non-hydrogen) atoms. The predicted octanol–water partition coefficient (Wildman–Crippen LogP) is 5.52. The van der Waals surface area contributed by atoms with E-state index in [-0.39, 0.29) is 10.6 Å². The van der Waals surface area contributed by atoms with Gasteiger partial charge in [-0.1, -0.05) is 39.0 Å². The molecule has 0 saturated carbocycles. The second-order valence-corrected chi connectivity index (χ2v) is 6.02. The van der Waals surface area contributed by atoms with Gasteiger partial charge in [0, 0.05) is 28.3 Å². The summed E-state index contributed by atoms with van der Waals surface area (Å²) in [6, 6.07) is 5.20. The van der Waals surface area contributed by atoms with Gasteiger partial charge in [0.15, 0.2) is 0 Å². The van der Waals surface area contributed by atoms with Crippen molar-refractivity contribution in [1.29, 1.82) is 0 Å². The lowest BCUT2D eigenvalue weighted by atomic mass is 10.1. The van der Waals surface area contributed by atoms with E-state index in [2.05, 4.69) is 35.1 Å². The summed E-state index contributed by atoms with van der Waals surface area (Å²) in [6.45, 7) is 4.37. The van der Waals surface area contributed by atoms with Crippen LogP contribution in [0.15, 0.2) is 22.7 Å². The molecule has 1 aromatic carbocycles. The quantitative estimate of drug-likeness (QED) is 0.365. The molecule has 0 aliphatic rings. The number of anilines is 1. The summed E-state index contributed by atoms with van der Waals surface area (Å²) in [6.07, 6.45) is 7.51. The highest BCUT2D eigenvalue weighted by Gasteiger charge is 2.10. The molecule has 0 aliphatic carbocycles. The van der Waals surface area contributed by atoms with Crippen molar-refractivity contribution in [3.05, 3.63) is 32.8 Å². The molecular weight excluding hydrogens is 320 g/mol. The molecule has 112 valence electrons. The SMILES string of the molecule is CCCCCCCC(C)Nc1ccc([N+](=O)[O-])cc1Br. The maximum atomic E-state index is 10.7. The first-order valence-electron chi connectivity index (χ1n) is 7.25. The Hall–Kier alpha value is -1.10. The van der Waals surface area contributed by atoms with Crippen molar-refractivity contribution >= 4 is 27.3 Å². The molecule has 1 N–H and O–H groups in total. The molecule has 0 aromatic heterocycles. The monoisotopic (exact) mass is 342 g/mol. The van der Waals surface area contributed by atoms with E-state index in [0.29, 0.717) is 6.04 Å². The molecule has 0 bridgehead atoms. The first-order chi connectivity index (χ1) is 9.54. The summed E-state index contributed by atoms with van der Waals surface area (Å²) in [4.78, 5) is 10.3. The van der Waals surface area contributed by atoms with Crippen LogP contribution in [0.2, 0.25) is 0 Å². The molecule has 0 heterocycles. The second-order valence-electron chi connectivity index (χ2n) is 5.17. The molecule has 0 radical (unpaired) electrons. The van der Waals surface area contributed by atoms with Crippen LogP contribution in [0.1, 0.15) is 52.4 Å². The van der Waals surface area contributed by atoms with E-state index in [1.165, 1.54) is 44.2 Å². The van der Waals surface area contributed by atoms with Crippen LogP contribution in [0.4, 0.5) is 11.4 Å². The Bertz CT molecular complexity index is 438. The normalized spacial score (nSPS) is 12.2. The van der Waals surface area contributed by atoms with E-state index in [9.17, 15) is 10.1 Å². The number of benzene rings is 1. The van der Waals surface area contributed by atoms with E-state index >= 15 is 0 Å². The van der Waals surface area contributed by atoms with E-state index in [1.807, 2.05) is 0 Å². The van der Waals surface area contributed by atoms with Crippen LogP contribution in [0.3, 0.4) is 0 Å². The van der Waals surface area contributed by atoms with E-state index < -0.39 is 0 Å². The Morgan fingerprint density at radius 1 is 1.30 bits per heavy atom. The molecule has 1 aromatic rings. The maximum Gasteiger partial charge on any atom is 0.270 e. The number of rotatable bonds is 9. The van der Waals surface area contributed by atoms with Gasteiger partial charge in [0.1, 0.15) is 0 Å². The third-order valence-corrected chi connectivity index (χ3v) is 3.96. The molecular formula is C15H23BrN2O2. The lowest BCUT2D eigenvalue weighted by Crippen LogP contribution is -2.15. The topological polar surface area (TPSA) is 55.2 Å². The first kappa shape index (κ1) is 17.0. The summed E-state index contributed by atoms with van der Waals surface area (Å²) in [5.74, 6) is 0. The summed E-state index contributed by atoms with van der Waals surface area (Å²) in [5.41, 5.74) is 1.02. The van der Waals surface area contributed by atoms with Crippen LogP contribution in [0.5, 0.6) is 0 Å². The zero-order valence-electron chi connectivity index (χ0n) is 12.2. The van der Waals surface area contributed by atoms with Gasteiger partial charge in [-0.25, -0.2) is 0 Å². The van der Waals surface area contributed by atoms with Gasteiger partial charge in [-0.15, -0.1) is 0 Å². The van der Waals surface area contributed by atoms with Crippen LogP contribution >= 0.6 is 15.9 Å². The van der Waals surface area contributed by atoms with Gasteiger partial charge in [-0.3, -0.25) is 10.1 Å². The summed E-state index contributed by atoms with van der Waals surface area (Å²) < 4.78 is 0.740. The Balaban J connectivity index is 2.41. The molecule has 1 unspecified atom stereocenters. The number of nitrogens with one attached hydrogen (secondary N) is 1. The zero-order valence-corrected chi connectivity index (χ0v) is 13.8. The first-order valence-corrected chi connectivity index (χ1v) is 8.04. The van der Waals surface area contributed by atoms with Crippen molar-refractivity contribution in [2.24, 2.45) is 0 Å². The standard InChI is InChI=1S/C15H23BrN2O2/c1-3-4-5-6-7-8-12(2)17-15-10-9-13(18(19)20)11-14(15)16/h9-12,17H,3-8H2,1-2H3. The summed E-state index contributed by atoms with van der Waals surface area (Å²) in [7, 11) is 0. The smallest absolute Gasteiger partial charge is 0.270 e. The minimum absolute atomic E-state index is 0.106. The van der Waals surface area contributed by atoms with Crippen LogP contribution in [0.25, 0.3) is 0 Å². The zero-order chi connectivity index (χ0) is 15.0. The van der Waals surface area contributed by atoms with Gasteiger partial charge in [-0.05, 0) is 35.3 Å². The van der Waals surface area contributed by atoms with Crippen molar-refractivity contribution < 1.29 is 4.92 Å². The Morgan fingerprint density at radius 2 is 2.00 bits per heavy atom. The number of non-ortho nitro benzene ring substituents is 1. The number of unbranched alkanes of at least 4 members (excludes halogenated alkanes) is 4. The third-order valence-electron chi connectivity index (χ3n) is 3.31. The van der Waals surface area contributed by atoms with E-state index in [1.54, 1.807) is 6.07 Å². The molecule has 0 saturated heterocycles. The van der Waals surface area contributed by atoms with Crippen LogP contribution in [0, 0.1) is 10.1 Å². The number of halogens is 1. The molecule has 4 nitrogen and oxygen atoms in total. The Labute approximate surface area is 129 Å². The van der Waals surface area contributed by atoms with Crippen LogP contribution in [-0.2, 0) is 0 Å². The molecule has 1 atom stereocenters. The maximum absolute atomic E-state index is 10.7. The summed E-state index contributed by atoms with van der Waals surface area (Å²) >= 11 is 3.38. The fourth-order valence-electron chi connectivity index (χ4n) is 2.13. The highest BCUT2D eigenvalue weighted by atomic mass is 79.9. The molecule has 0 spiro atoms. The number of hydrogen-bond acceptors (Lipinski definition) is 3. The van der Waals surface area contributed by atoms with Crippen molar-refractivity contribution in [1.82, 2.24) is 0 Å². The van der Waals surface area contributed by atoms with Gasteiger partial charge in [0.05, 0.1) is 4.92 Å². The predicted molar refractivity (Wildman–Crippen MR) is 87.3 cm³/mol. The fraction of sp³-hybridized carbons (Fsp3) is 0.600. The minimum atomic E-state index is -0.383. The number of nitro benzene ring substituents is 1. The highest BCUT2D eigenvalue weighted by Crippen LogP contribution is 2.28. The van der Waals surface area contributed by atoms with Crippen LogP contribution < -0.4 is 5.32 Å². The van der Waals surface area contributed by atoms with Crippen molar-refractivity contribution in [2.45, 2.75) is 58.4 Å². The van der Waals surface area contributed by atoms with E-state index in [4.69, 9.17) is 0 Å². The highest BCUT2D eigenvalue weighted by molar-refractivity contribution is 9.10. The van der Waals surface area contributed by atoms with Crippen molar-refractivity contribution in [3.8, 4) is 0 Å². The summed E-state index contributed by atoms with van der Waals surface area (Å²) in [5, 5.41) is 14.1. The average Bonchev–Trinajstić information content (AvgIpc) is 2.40. The van der Waals surface area contributed by atoms with Gasteiger partial charge < -0.3 is 5.32 Å². The third kappa shape index (κ3) is 5.90. The second kappa shape index (κ2) is 8.95. The van der Waals surface area contributed by atoms with Crippen molar-refractivity contribution in [3.63, 3.8) is 0 Å². The molecule has 0 fully saturated rings. The number of hydrogen-bond donors (Lipinski definition) is 1. The van der Waals surface area contributed by atoms with E-state index in [0.717, 1.165) is 16.6 Å². The minimum Gasteiger partial charge on any atom is -0.382 e. The molecule has 0 aliphatic heterocycles. The Morgan fingerprint density at radius 3 is 2.60 bits per heavy atom. The molecule has 1 rings (SSSR count). The average molecular weight is 343 g/mol. The lowest BCUT2D eigenvalue weighted by molar-refractivity contribution is -0.384. The van der Waals surface area contributed by atoms with Gasteiger partial charge in [0.2, 0.25) is 0 Å².